The highest BCUT2D eigenvalue weighted by molar-refractivity contribution is 6.30. The quantitative estimate of drug-likeness (QED) is 0.822. The van der Waals surface area contributed by atoms with Crippen LogP contribution in [0.5, 0.6) is 0 Å². The summed E-state index contributed by atoms with van der Waals surface area (Å²) in [4.78, 5) is 0. The molecule has 2 aromatic rings. The van der Waals surface area contributed by atoms with Gasteiger partial charge in [-0.25, -0.2) is 0 Å². The van der Waals surface area contributed by atoms with Crippen LogP contribution in [0.2, 0.25) is 5.02 Å². The fourth-order valence-corrected chi connectivity index (χ4v) is 1.97. The van der Waals surface area contributed by atoms with Crippen molar-refractivity contribution in [2.75, 3.05) is 18.5 Å². The van der Waals surface area contributed by atoms with E-state index in [1.807, 2.05) is 54.6 Å². The second-order valence-corrected chi connectivity index (χ2v) is 4.98. The lowest BCUT2D eigenvalue weighted by Gasteiger charge is -2.13. The first-order valence-electron chi connectivity index (χ1n) is 6.53. The normalized spacial score (nSPS) is 12.1. The maximum atomic E-state index is 9.84. The Balaban J connectivity index is 1.67. The number of aliphatic hydroxyl groups is 1. The highest BCUT2D eigenvalue weighted by Gasteiger charge is 2.04. The maximum Gasteiger partial charge on any atom is 0.0945 e. The first-order chi connectivity index (χ1) is 9.74. The third-order valence-corrected chi connectivity index (χ3v) is 3.02. The van der Waals surface area contributed by atoms with Crippen LogP contribution in [-0.4, -0.2) is 24.4 Å². The number of ether oxygens (including phenoxy) is 1. The van der Waals surface area contributed by atoms with Gasteiger partial charge in [-0.2, -0.15) is 0 Å². The second kappa shape index (κ2) is 7.90. The number of rotatable bonds is 7. The molecule has 106 valence electrons. The second-order valence-electron chi connectivity index (χ2n) is 4.55. The Bertz CT molecular complexity index is 519. The number of nitrogens with one attached hydrogen (secondary N) is 1. The molecule has 0 radical (unpaired) electrons. The molecule has 0 aliphatic carbocycles. The van der Waals surface area contributed by atoms with Gasteiger partial charge in [0.15, 0.2) is 0 Å². The van der Waals surface area contributed by atoms with Crippen molar-refractivity contribution in [2.24, 2.45) is 0 Å². The van der Waals surface area contributed by atoms with Crippen molar-refractivity contribution in [2.45, 2.75) is 12.7 Å². The largest absolute Gasteiger partial charge is 0.389 e. The van der Waals surface area contributed by atoms with Crippen molar-refractivity contribution in [1.82, 2.24) is 0 Å². The Hall–Kier alpha value is -1.55. The van der Waals surface area contributed by atoms with Gasteiger partial charge in [0, 0.05) is 17.3 Å². The van der Waals surface area contributed by atoms with Crippen LogP contribution in [0.25, 0.3) is 0 Å². The molecule has 2 N–H and O–H groups in total. The topological polar surface area (TPSA) is 41.5 Å². The van der Waals surface area contributed by atoms with Crippen molar-refractivity contribution >= 4 is 17.3 Å². The van der Waals surface area contributed by atoms with E-state index in [1.54, 1.807) is 0 Å². The Kier molecular flexibility index (Phi) is 5.87. The van der Waals surface area contributed by atoms with Crippen molar-refractivity contribution in [3.05, 3.63) is 65.2 Å². The van der Waals surface area contributed by atoms with E-state index >= 15 is 0 Å². The number of hydrogen-bond donors (Lipinski definition) is 2. The zero-order valence-corrected chi connectivity index (χ0v) is 11.9. The van der Waals surface area contributed by atoms with Gasteiger partial charge in [0.1, 0.15) is 0 Å². The molecule has 3 nitrogen and oxygen atoms in total. The molecule has 0 heterocycles. The average Bonchev–Trinajstić information content (AvgIpc) is 2.46. The summed E-state index contributed by atoms with van der Waals surface area (Å²) in [7, 11) is 0. The fraction of sp³-hybridized carbons (Fsp3) is 0.250. The molecule has 0 saturated carbocycles. The van der Waals surface area contributed by atoms with Gasteiger partial charge < -0.3 is 15.2 Å². The Morgan fingerprint density at radius 3 is 2.65 bits per heavy atom. The molecule has 0 aromatic heterocycles. The number of benzene rings is 2. The van der Waals surface area contributed by atoms with E-state index < -0.39 is 6.10 Å². The van der Waals surface area contributed by atoms with E-state index in [1.165, 1.54) is 0 Å². The first kappa shape index (κ1) is 14.9. The fourth-order valence-electron chi connectivity index (χ4n) is 1.78. The van der Waals surface area contributed by atoms with Crippen molar-refractivity contribution < 1.29 is 9.84 Å². The van der Waals surface area contributed by atoms with Crippen LogP contribution in [0.15, 0.2) is 54.6 Å². The Morgan fingerprint density at radius 1 is 1.10 bits per heavy atom. The Morgan fingerprint density at radius 2 is 1.90 bits per heavy atom. The van der Waals surface area contributed by atoms with Gasteiger partial charge >= 0.3 is 0 Å². The first-order valence-corrected chi connectivity index (χ1v) is 6.91. The monoisotopic (exact) mass is 291 g/mol. The summed E-state index contributed by atoms with van der Waals surface area (Å²) in [6.07, 6.45) is -0.558. The van der Waals surface area contributed by atoms with Gasteiger partial charge in [-0.1, -0.05) is 48.0 Å². The molecule has 2 rings (SSSR count). The molecule has 20 heavy (non-hydrogen) atoms. The molecule has 0 saturated heterocycles. The molecule has 1 unspecified atom stereocenters. The molecule has 0 aliphatic rings. The van der Waals surface area contributed by atoms with Crippen LogP contribution < -0.4 is 5.32 Å². The zero-order valence-electron chi connectivity index (χ0n) is 11.1. The highest BCUT2D eigenvalue weighted by atomic mass is 35.5. The van der Waals surface area contributed by atoms with Gasteiger partial charge in [-0.3, -0.25) is 0 Å². The maximum absolute atomic E-state index is 9.84. The lowest BCUT2D eigenvalue weighted by atomic mass is 10.2. The van der Waals surface area contributed by atoms with E-state index in [2.05, 4.69) is 5.32 Å². The summed E-state index contributed by atoms with van der Waals surface area (Å²) in [5.41, 5.74) is 1.99. The molecule has 0 fully saturated rings. The van der Waals surface area contributed by atoms with Gasteiger partial charge in [-0.15, -0.1) is 0 Å². The lowest BCUT2D eigenvalue weighted by molar-refractivity contribution is 0.0348. The molecule has 1 atom stereocenters. The van der Waals surface area contributed by atoms with Gasteiger partial charge in [0.25, 0.3) is 0 Å². The molecule has 0 spiro atoms. The summed E-state index contributed by atoms with van der Waals surface area (Å²) in [6, 6.07) is 17.3. The molecular weight excluding hydrogens is 274 g/mol. The minimum atomic E-state index is -0.558. The molecule has 2 aromatic carbocycles. The van der Waals surface area contributed by atoms with Crippen LogP contribution in [0.4, 0.5) is 5.69 Å². The van der Waals surface area contributed by atoms with Crippen LogP contribution in [0, 0.1) is 0 Å². The summed E-state index contributed by atoms with van der Waals surface area (Å²) < 4.78 is 5.48. The molecule has 0 bridgehead atoms. The molecular formula is C16H18ClNO2. The van der Waals surface area contributed by atoms with Crippen molar-refractivity contribution in [3.63, 3.8) is 0 Å². The minimum Gasteiger partial charge on any atom is -0.389 e. The molecule has 0 aliphatic heterocycles. The smallest absolute Gasteiger partial charge is 0.0945 e. The zero-order chi connectivity index (χ0) is 14.2. The summed E-state index contributed by atoms with van der Waals surface area (Å²) in [5.74, 6) is 0. The number of aliphatic hydroxyl groups excluding tert-OH is 1. The number of anilines is 1. The predicted molar refractivity (Wildman–Crippen MR) is 82.0 cm³/mol. The molecule has 4 heteroatoms. The van der Waals surface area contributed by atoms with E-state index in [0.29, 0.717) is 24.8 Å². The standard InChI is InChI=1S/C16H18ClNO2/c17-14-7-4-8-15(9-14)18-10-16(19)12-20-11-13-5-2-1-3-6-13/h1-9,16,18-19H,10-12H2. The lowest BCUT2D eigenvalue weighted by Crippen LogP contribution is -2.24. The van der Waals surface area contributed by atoms with Gasteiger partial charge in [-0.05, 0) is 23.8 Å². The van der Waals surface area contributed by atoms with Crippen LogP contribution in [0.3, 0.4) is 0 Å². The number of halogens is 1. The van der Waals surface area contributed by atoms with Crippen LogP contribution in [0.1, 0.15) is 5.56 Å². The third-order valence-electron chi connectivity index (χ3n) is 2.79. The van der Waals surface area contributed by atoms with Gasteiger partial charge in [0.2, 0.25) is 0 Å². The summed E-state index contributed by atoms with van der Waals surface area (Å²) in [6.45, 7) is 1.23. The van der Waals surface area contributed by atoms with E-state index in [-0.39, 0.29) is 0 Å². The van der Waals surface area contributed by atoms with Crippen LogP contribution in [-0.2, 0) is 11.3 Å². The highest BCUT2D eigenvalue weighted by Crippen LogP contribution is 2.14. The SMILES string of the molecule is OC(CNc1cccc(Cl)c1)COCc1ccccc1. The van der Waals surface area contributed by atoms with E-state index in [0.717, 1.165) is 11.3 Å². The summed E-state index contributed by atoms with van der Waals surface area (Å²) >= 11 is 5.88. The predicted octanol–water partition coefficient (Wildman–Crippen LogP) is 3.33. The minimum absolute atomic E-state index is 0.294. The van der Waals surface area contributed by atoms with Crippen molar-refractivity contribution in [3.8, 4) is 0 Å². The Labute approximate surface area is 124 Å². The van der Waals surface area contributed by atoms with E-state index in [4.69, 9.17) is 16.3 Å². The average molecular weight is 292 g/mol. The van der Waals surface area contributed by atoms with Crippen LogP contribution >= 0.6 is 11.6 Å². The van der Waals surface area contributed by atoms with E-state index in [9.17, 15) is 5.11 Å². The molecule has 0 amide bonds. The third kappa shape index (κ3) is 5.21. The summed E-state index contributed by atoms with van der Waals surface area (Å²) in [5, 5.41) is 13.6. The number of hydrogen-bond acceptors (Lipinski definition) is 3. The van der Waals surface area contributed by atoms with Crippen molar-refractivity contribution in [1.29, 1.82) is 0 Å². The van der Waals surface area contributed by atoms with Gasteiger partial charge in [0.05, 0.1) is 19.3 Å².